The Bertz CT molecular complexity index is 550. The van der Waals surface area contributed by atoms with Crippen LogP contribution in [0.25, 0.3) is 0 Å². The van der Waals surface area contributed by atoms with E-state index in [9.17, 15) is 9.59 Å². The quantitative estimate of drug-likeness (QED) is 0.800. The summed E-state index contributed by atoms with van der Waals surface area (Å²) in [5.74, 6) is 1.04. The highest BCUT2D eigenvalue weighted by molar-refractivity contribution is 5.85. The zero-order chi connectivity index (χ0) is 17.5. The van der Waals surface area contributed by atoms with Crippen LogP contribution >= 0.6 is 0 Å². The molecule has 0 aromatic heterocycles. The second-order valence-electron chi connectivity index (χ2n) is 6.25. The minimum atomic E-state index is -0.310. The largest absolute Gasteiger partial charge is 0.497 e. The summed E-state index contributed by atoms with van der Waals surface area (Å²) in [5, 5.41) is 5.41. The van der Waals surface area contributed by atoms with Crippen molar-refractivity contribution in [2.75, 3.05) is 20.8 Å². The second kappa shape index (κ2) is 8.41. The number of hydrogen-bond donors (Lipinski definition) is 2. The van der Waals surface area contributed by atoms with E-state index in [0.29, 0.717) is 17.9 Å². The Morgan fingerprint density at radius 2 is 1.78 bits per heavy atom. The number of aryl methyl sites for hydroxylation is 1. The number of benzene rings is 1. The molecule has 2 N–H and O–H groups in total. The summed E-state index contributed by atoms with van der Waals surface area (Å²) in [5.41, 5.74) is 0.580. The zero-order valence-electron chi connectivity index (χ0n) is 14.5. The Labute approximate surface area is 137 Å². The third-order valence-corrected chi connectivity index (χ3v) is 3.07. The van der Waals surface area contributed by atoms with Crippen molar-refractivity contribution in [1.29, 1.82) is 0 Å². The molecule has 0 aliphatic heterocycles. The van der Waals surface area contributed by atoms with E-state index >= 15 is 0 Å². The Balaban J connectivity index is 2.49. The summed E-state index contributed by atoms with van der Waals surface area (Å²) in [4.78, 5) is 23.5. The average molecular weight is 322 g/mol. The first-order valence-corrected chi connectivity index (χ1v) is 7.54. The SMILES string of the molecule is COc1ccc(OC)c(CCC(=O)NCC(=O)NC(C)(C)C)c1. The van der Waals surface area contributed by atoms with Crippen molar-refractivity contribution in [3.05, 3.63) is 23.8 Å². The van der Waals surface area contributed by atoms with E-state index in [1.807, 2.05) is 32.9 Å². The van der Waals surface area contributed by atoms with Gasteiger partial charge in [-0.3, -0.25) is 9.59 Å². The van der Waals surface area contributed by atoms with Crippen LogP contribution in [0.3, 0.4) is 0 Å². The third-order valence-electron chi connectivity index (χ3n) is 3.07. The number of methoxy groups -OCH3 is 2. The maximum absolute atomic E-state index is 11.9. The molecule has 1 aromatic carbocycles. The van der Waals surface area contributed by atoms with Gasteiger partial charge < -0.3 is 20.1 Å². The van der Waals surface area contributed by atoms with Crippen molar-refractivity contribution >= 4 is 11.8 Å². The van der Waals surface area contributed by atoms with Gasteiger partial charge in [0.2, 0.25) is 11.8 Å². The molecular weight excluding hydrogens is 296 g/mol. The number of hydrogen-bond acceptors (Lipinski definition) is 4. The van der Waals surface area contributed by atoms with E-state index in [4.69, 9.17) is 9.47 Å². The number of carbonyl (C=O) groups excluding carboxylic acids is 2. The highest BCUT2D eigenvalue weighted by Crippen LogP contribution is 2.24. The van der Waals surface area contributed by atoms with Gasteiger partial charge in [-0.2, -0.15) is 0 Å². The fourth-order valence-electron chi connectivity index (χ4n) is 2.06. The molecule has 0 unspecified atom stereocenters. The fourth-order valence-corrected chi connectivity index (χ4v) is 2.06. The molecule has 0 heterocycles. The van der Waals surface area contributed by atoms with Crippen LogP contribution in [0.2, 0.25) is 0 Å². The van der Waals surface area contributed by atoms with E-state index < -0.39 is 0 Å². The van der Waals surface area contributed by atoms with E-state index in [0.717, 1.165) is 5.56 Å². The first-order valence-electron chi connectivity index (χ1n) is 7.54. The van der Waals surface area contributed by atoms with Crippen LogP contribution in [-0.4, -0.2) is 38.1 Å². The summed E-state index contributed by atoms with van der Waals surface area (Å²) < 4.78 is 10.5. The monoisotopic (exact) mass is 322 g/mol. The van der Waals surface area contributed by atoms with Gasteiger partial charge in [0.15, 0.2) is 0 Å². The van der Waals surface area contributed by atoms with Gasteiger partial charge in [0.1, 0.15) is 11.5 Å². The molecule has 0 fully saturated rings. The number of nitrogens with one attached hydrogen (secondary N) is 2. The lowest BCUT2D eigenvalue weighted by Gasteiger charge is -2.20. The predicted molar refractivity (Wildman–Crippen MR) is 88.8 cm³/mol. The van der Waals surface area contributed by atoms with Crippen molar-refractivity contribution < 1.29 is 19.1 Å². The highest BCUT2D eigenvalue weighted by atomic mass is 16.5. The molecule has 6 nitrogen and oxygen atoms in total. The van der Waals surface area contributed by atoms with Gasteiger partial charge in [0.25, 0.3) is 0 Å². The summed E-state index contributed by atoms with van der Waals surface area (Å²) in [6.07, 6.45) is 0.777. The van der Waals surface area contributed by atoms with Crippen LogP contribution in [0.1, 0.15) is 32.8 Å². The lowest BCUT2D eigenvalue weighted by atomic mass is 10.1. The fraction of sp³-hybridized carbons (Fsp3) is 0.529. The molecule has 2 amide bonds. The molecule has 128 valence electrons. The molecule has 6 heteroatoms. The first-order chi connectivity index (χ1) is 10.7. The smallest absolute Gasteiger partial charge is 0.239 e. The molecule has 1 rings (SSSR count). The standard InChI is InChI=1S/C17H26N2O4/c1-17(2,3)19-16(21)11-18-15(20)9-6-12-10-13(22-4)7-8-14(12)23-5/h7-8,10H,6,9,11H2,1-5H3,(H,18,20)(H,19,21). The van der Waals surface area contributed by atoms with Gasteiger partial charge in [0, 0.05) is 12.0 Å². The third kappa shape index (κ3) is 7.04. The maximum atomic E-state index is 11.9. The summed E-state index contributed by atoms with van der Waals surface area (Å²) in [6.45, 7) is 5.65. The minimum Gasteiger partial charge on any atom is -0.497 e. The van der Waals surface area contributed by atoms with Crippen LogP contribution in [0.4, 0.5) is 0 Å². The molecule has 0 spiro atoms. The molecule has 0 atom stereocenters. The Morgan fingerprint density at radius 3 is 2.35 bits per heavy atom. The second-order valence-corrected chi connectivity index (χ2v) is 6.25. The normalized spacial score (nSPS) is 10.8. The molecule has 23 heavy (non-hydrogen) atoms. The average Bonchev–Trinajstić information content (AvgIpc) is 2.48. The Morgan fingerprint density at radius 1 is 1.09 bits per heavy atom. The molecule has 0 saturated carbocycles. The van der Waals surface area contributed by atoms with E-state index in [-0.39, 0.29) is 30.3 Å². The molecular formula is C17H26N2O4. The number of amides is 2. The minimum absolute atomic E-state index is 0.0225. The van der Waals surface area contributed by atoms with Crippen molar-refractivity contribution in [3.8, 4) is 11.5 Å². The molecule has 0 bridgehead atoms. The van der Waals surface area contributed by atoms with Gasteiger partial charge in [0.05, 0.1) is 20.8 Å². The summed E-state index contributed by atoms with van der Waals surface area (Å²) >= 11 is 0. The highest BCUT2D eigenvalue weighted by Gasteiger charge is 2.14. The zero-order valence-corrected chi connectivity index (χ0v) is 14.5. The molecule has 0 aliphatic rings. The van der Waals surface area contributed by atoms with Gasteiger partial charge in [-0.25, -0.2) is 0 Å². The van der Waals surface area contributed by atoms with Crippen LogP contribution in [0.5, 0.6) is 11.5 Å². The lowest BCUT2D eigenvalue weighted by Crippen LogP contribution is -2.45. The van der Waals surface area contributed by atoms with Gasteiger partial charge in [-0.15, -0.1) is 0 Å². The van der Waals surface area contributed by atoms with Crippen LogP contribution in [0.15, 0.2) is 18.2 Å². The predicted octanol–water partition coefficient (Wildman–Crippen LogP) is 1.67. The summed E-state index contributed by atoms with van der Waals surface area (Å²) in [6, 6.07) is 5.46. The molecule has 1 aromatic rings. The lowest BCUT2D eigenvalue weighted by molar-refractivity contribution is -0.126. The molecule has 0 saturated heterocycles. The Kier molecular flexibility index (Phi) is 6.88. The van der Waals surface area contributed by atoms with E-state index in [2.05, 4.69) is 10.6 Å². The number of rotatable bonds is 7. The van der Waals surface area contributed by atoms with Crippen molar-refractivity contribution in [2.24, 2.45) is 0 Å². The van der Waals surface area contributed by atoms with Crippen molar-refractivity contribution in [1.82, 2.24) is 10.6 Å². The van der Waals surface area contributed by atoms with Crippen molar-refractivity contribution in [3.63, 3.8) is 0 Å². The maximum Gasteiger partial charge on any atom is 0.239 e. The molecule has 0 radical (unpaired) electrons. The van der Waals surface area contributed by atoms with Crippen LogP contribution < -0.4 is 20.1 Å². The topological polar surface area (TPSA) is 76.7 Å². The van der Waals surface area contributed by atoms with E-state index in [1.165, 1.54) is 0 Å². The molecule has 0 aliphatic carbocycles. The van der Waals surface area contributed by atoms with Crippen molar-refractivity contribution in [2.45, 2.75) is 39.2 Å². The Hall–Kier alpha value is -2.24. The first kappa shape index (κ1) is 18.8. The van der Waals surface area contributed by atoms with Crippen LogP contribution in [0, 0.1) is 0 Å². The van der Waals surface area contributed by atoms with Gasteiger partial charge in [-0.05, 0) is 51.0 Å². The van der Waals surface area contributed by atoms with Gasteiger partial charge in [-0.1, -0.05) is 0 Å². The number of ether oxygens (including phenoxy) is 2. The van der Waals surface area contributed by atoms with Crippen LogP contribution in [-0.2, 0) is 16.0 Å². The number of carbonyl (C=O) groups is 2. The van der Waals surface area contributed by atoms with E-state index in [1.54, 1.807) is 20.3 Å². The summed E-state index contributed by atoms with van der Waals surface area (Å²) in [7, 11) is 3.17. The van der Waals surface area contributed by atoms with Gasteiger partial charge >= 0.3 is 0 Å².